The lowest BCUT2D eigenvalue weighted by Crippen LogP contribution is -2.30. The number of hydrogen-bond donors (Lipinski definition) is 0. The number of hydrogen-bond acceptors (Lipinski definition) is 4. The smallest absolute Gasteiger partial charge is 0.406 e. The zero-order valence-corrected chi connectivity index (χ0v) is 22.7. The molecule has 38 heavy (non-hydrogen) atoms. The van der Waals surface area contributed by atoms with Gasteiger partial charge in [0.15, 0.2) is 0 Å². The van der Waals surface area contributed by atoms with Crippen LogP contribution in [-0.4, -0.2) is 37.7 Å². The third-order valence-corrected chi connectivity index (χ3v) is 6.23. The number of benzene rings is 3. The number of likely N-dealkylation sites (N-methyl/N-ethyl adjacent to an activating group) is 1. The summed E-state index contributed by atoms with van der Waals surface area (Å²) in [6.45, 7) is 12.3. The highest BCUT2D eigenvalue weighted by molar-refractivity contribution is 7.27. The standard InChI is InChI=1S/C20H25N2P.C8H5F3O2.C2H4/c1-16(15-21(2)18-10-12-19(23)13-11-18)22-14-6-9-20(22)17-7-4-3-5-8-17;9-8(10,11)13-7-3-1-6(5-12)2-4-7;1-2/h3-5,7-8,10-13,20H,1,6,9,14-15,23H2,2H3;1-5H;1-2H2. The van der Waals surface area contributed by atoms with Crippen molar-refractivity contribution in [3.63, 3.8) is 0 Å². The van der Waals surface area contributed by atoms with Gasteiger partial charge in [0.1, 0.15) is 12.0 Å². The molecule has 0 N–H and O–H groups in total. The Morgan fingerprint density at radius 2 is 1.66 bits per heavy atom. The molecule has 1 aliphatic rings. The lowest BCUT2D eigenvalue weighted by Gasteiger charge is -2.32. The normalized spacial score (nSPS) is 14.3. The summed E-state index contributed by atoms with van der Waals surface area (Å²) in [6.07, 6.45) is -1.70. The highest BCUT2D eigenvalue weighted by Gasteiger charge is 2.31. The van der Waals surface area contributed by atoms with Gasteiger partial charge in [0.05, 0.1) is 12.6 Å². The Morgan fingerprint density at radius 1 is 1.05 bits per heavy atom. The van der Waals surface area contributed by atoms with E-state index in [0.29, 0.717) is 17.9 Å². The first-order valence-electron chi connectivity index (χ1n) is 12.0. The quantitative estimate of drug-likeness (QED) is 0.180. The van der Waals surface area contributed by atoms with Gasteiger partial charge in [-0.15, -0.1) is 35.6 Å². The van der Waals surface area contributed by atoms with Crippen LogP contribution in [0, 0.1) is 0 Å². The van der Waals surface area contributed by atoms with E-state index in [1.54, 1.807) is 0 Å². The molecule has 2 atom stereocenters. The topological polar surface area (TPSA) is 32.8 Å². The molecule has 0 bridgehead atoms. The molecule has 1 saturated heterocycles. The van der Waals surface area contributed by atoms with E-state index >= 15 is 0 Å². The number of likely N-dealkylation sites (tertiary alicyclic amines) is 1. The van der Waals surface area contributed by atoms with E-state index in [2.05, 4.69) is 105 Å². The van der Waals surface area contributed by atoms with Gasteiger partial charge < -0.3 is 14.5 Å². The molecule has 4 rings (SSSR count). The molecule has 2 unspecified atom stereocenters. The number of aldehydes is 1. The van der Waals surface area contributed by atoms with Crippen molar-refractivity contribution in [2.75, 3.05) is 25.0 Å². The molecule has 3 aromatic rings. The number of nitrogens with zero attached hydrogens (tertiary/aromatic N) is 2. The van der Waals surface area contributed by atoms with Crippen molar-refractivity contribution >= 4 is 26.5 Å². The van der Waals surface area contributed by atoms with Crippen molar-refractivity contribution in [2.45, 2.75) is 25.2 Å². The van der Waals surface area contributed by atoms with E-state index in [1.165, 1.54) is 47.2 Å². The third kappa shape index (κ3) is 9.71. The summed E-state index contributed by atoms with van der Waals surface area (Å²) in [5, 5.41) is 1.21. The number of carbonyl (C=O) groups excluding carboxylic acids is 1. The molecule has 8 heteroatoms. The molecule has 4 nitrogen and oxygen atoms in total. The zero-order chi connectivity index (χ0) is 28.1. The first-order chi connectivity index (χ1) is 18.2. The Balaban J connectivity index is 0.000000288. The van der Waals surface area contributed by atoms with Crippen molar-refractivity contribution in [1.29, 1.82) is 0 Å². The van der Waals surface area contributed by atoms with Gasteiger partial charge in [-0.25, -0.2) is 0 Å². The molecule has 0 aliphatic carbocycles. The van der Waals surface area contributed by atoms with Crippen molar-refractivity contribution in [1.82, 2.24) is 4.90 Å². The highest BCUT2D eigenvalue weighted by Crippen LogP contribution is 2.34. The van der Waals surface area contributed by atoms with Crippen LogP contribution in [-0.2, 0) is 0 Å². The van der Waals surface area contributed by atoms with Crippen molar-refractivity contribution in [3.8, 4) is 5.75 Å². The molecule has 3 aromatic carbocycles. The second kappa shape index (κ2) is 15.0. The maximum absolute atomic E-state index is 11.6. The molecule has 0 amide bonds. The molecule has 0 aromatic heterocycles. The van der Waals surface area contributed by atoms with Gasteiger partial charge >= 0.3 is 6.36 Å². The fraction of sp³-hybridized carbons (Fsp3) is 0.233. The molecule has 1 aliphatic heterocycles. The average molecular weight is 543 g/mol. The Hall–Kier alpha value is -3.57. The summed E-state index contributed by atoms with van der Waals surface area (Å²) < 4.78 is 38.5. The first-order valence-corrected chi connectivity index (χ1v) is 12.6. The van der Waals surface area contributed by atoms with Crippen LogP contribution in [0.2, 0.25) is 0 Å². The lowest BCUT2D eigenvalue weighted by atomic mass is 10.0. The Labute approximate surface area is 225 Å². The summed E-state index contributed by atoms with van der Waals surface area (Å²) in [4.78, 5) is 14.9. The van der Waals surface area contributed by atoms with Crippen LogP contribution in [0.1, 0.15) is 34.8 Å². The fourth-order valence-corrected chi connectivity index (χ4v) is 4.29. The molecular weight excluding hydrogens is 508 g/mol. The predicted molar refractivity (Wildman–Crippen MR) is 153 cm³/mol. The van der Waals surface area contributed by atoms with Crippen LogP contribution in [0.5, 0.6) is 5.75 Å². The Bertz CT molecular complexity index is 1140. The number of carbonyl (C=O) groups is 1. The number of rotatable bonds is 7. The summed E-state index contributed by atoms with van der Waals surface area (Å²) in [6, 6.07) is 24.5. The number of alkyl halides is 3. The van der Waals surface area contributed by atoms with Gasteiger partial charge in [-0.3, -0.25) is 4.79 Å². The molecule has 0 radical (unpaired) electrons. The molecule has 0 spiro atoms. The largest absolute Gasteiger partial charge is 0.573 e. The predicted octanol–water partition coefficient (Wildman–Crippen LogP) is 7.17. The maximum Gasteiger partial charge on any atom is 0.573 e. The van der Waals surface area contributed by atoms with E-state index in [9.17, 15) is 18.0 Å². The van der Waals surface area contributed by atoms with Crippen LogP contribution in [0.3, 0.4) is 0 Å². The second-order valence-electron chi connectivity index (χ2n) is 8.51. The van der Waals surface area contributed by atoms with Crippen molar-refractivity contribution in [2.24, 2.45) is 0 Å². The van der Waals surface area contributed by atoms with Gasteiger partial charge in [-0.1, -0.05) is 49.0 Å². The SMILES string of the molecule is C=C.C=C(CN(C)c1ccc(P)cc1)N1CCCC1c1ccccc1.O=Cc1ccc(OC(F)(F)F)cc1. The second-order valence-corrected chi connectivity index (χ2v) is 9.18. The van der Waals surface area contributed by atoms with Crippen LogP contribution < -0.4 is 14.9 Å². The minimum atomic E-state index is -4.69. The zero-order valence-electron chi connectivity index (χ0n) is 21.5. The van der Waals surface area contributed by atoms with Crippen LogP contribution in [0.25, 0.3) is 0 Å². The fourth-order valence-electron chi connectivity index (χ4n) is 4.10. The van der Waals surface area contributed by atoms with E-state index in [-0.39, 0.29) is 5.75 Å². The lowest BCUT2D eigenvalue weighted by molar-refractivity contribution is -0.274. The van der Waals surface area contributed by atoms with E-state index < -0.39 is 6.36 Å². The average Bonchev–Trinajstić information content (AvgIpc) is 3.41. The minimum Gasteiger partial charge on any atom is -0.406 e. The summed E-state index contributed by atoms with van der Waals surface area (Å²) in [5.74, 6) is -0.335. The number of anilines is 1. The van der Waals surface area contributed by atoms with Crippen LogP contribution in [0.4, 0.5) is 18.9 Å². The van der Waals surface area contributed by atoms with Crippen LogP contribution >= 0.6 is 9.24 Å². The van der Waals surface area contributed by atoms with Gasteiger partial charge in [0, 0.05) is 30.5 Å². The highest BCUT2D eigenvalue weighted by atomic mass is 31.0. The maximum atomic E-state index is 11.6. The van der Waals surface area contributed by atoms with Gasteiger partial charge in [0.2, 0.25) is 0 Å². The van der Waals surface area contributed by atoms with Crippen molar-refractivity contribution < 1.29 is 22.7 Å². The van der Waals surface area contributed by atoms with Crippen LogP contribution in [0.15, 0.2) is 104 Å². The molecule has 1 fully saturated rings. The van der Waals surface area contributed by atoms with E-state index in [4.69, 9.17) is 0 Å². The summed E-state index contributed by atoms with van der Waals surface area (Å²) in [5.41, 5.74) is 4.14. The molecule has 202 valence electrons. The summed E-state index contributed by atoms with van der Waals surface area (Å²) >= 11 is 0. The van der Waals surface area contributed by atoms with Gasteiger partial charge in [-0.05, 0) is 60.1 Å². The summed E-state index contributed by atoms with van der Waals surface area (Å²) in [7, 11) is 4.87. The van der Waals surface area contributed by atoms with Crippen molar-refractivity contribution in [3.05, 3.63) is 115 Å². The molecular formula is C30H34F3N2O2P. The number of ether oxygens (including phenoxy) is 1. The molecule has 1 heterocycles. The number of halogens is 3. The third-order valence-electron chi connectivity index (χ3n) is 5.85. The molecule has 0 saturated carbocycles. The Kier molecular flexibility index (Phi) is 12.1. The van der Waals surface area contributed by atoms with Gasteiger partial charge in [0.25, 0.3) is 0 Å². The Morgan fingerprint density at radius 3 is 2.21 bits per heavy atom. The monoisotopic (exact) mass is 542 g/mol. The first kappa shape index (κ1) is 30.7. The van der Waals surface area contributed by atoms with E-state index in [1.807, 2.05) is 0 Å². The van der Waals surface area contributed by atoms with E-state index in [0.717, 1.165) is 25.2 Å². The van der Waals surface area contributed by atoms with Gasteiger partial charge in [-0.2, -0.15) is 0 Å². The minimum absolute atomic E-state index is 0.300.